The summed E-state index contributed by atoms with van der Waals surface area (Å²) in [6.07, 6.45) is 0. The molecule has 7 nitrogen and oxygen atoms in total. The normalized spacial score (nSPS) is 11.7. The third-order valence-electron chi connectivity index (χ3n) is 11.6. The Morgan fingerprint density at radius 3 is 1.90 bits per heavy atom. The Bertz CT molecular complexity index is 3910. The highest BCUT2D eigenvalue weighted by molar-refractivity contribution is 6.24. The molecule has 0 spiro atoms. The van der Waals surface area contributed by atoms with Crippen LogP contribution in [0.15, 0.2) is 160 Å². The lowest BCUT2D eigenvalue weighted by molar-refractivity contribution is 0.669. The van der Waals surface area contributed by atoms with Crippen LogP contribution in [0, 0.1) is 29.2 Å². The molecule has 0 unspecified atom stereocenters. The smallest absolute Gasteiger partial charge is 0.211 e. The predicted octanol–water partition coefficient (Wildman–Crippen LogP) is 13.6. The minimum Gasteiger partial charge on any atom is -0.456 e. The molecule has 0 aliphatic heterocycles. The fourth-order valence-electron chi connectivity index (χ4n) is 9.23. The molecule has 0 amide bonds. The molecule has 0 aliphatic rings. The van der Waals surface area contributed by atoms with Gasteiger partial charge in [-0.2, -0.15) is 10.5 Å². The zero-order valence-electron chi connectivity index (χ0n) is 30.5. The van der Waals surface area contributed by atoms with Gasteiger partial charge in [-0.05, 0) is 54.6 Å². The van der Waals surface area contributed by atoms with E-state index in [-0.39, 0.29) is 0 Å². The molecular formula is C51H25N5O2. The third kappa shape index (κ3) is 4.13. The molecule has 58 heavy (non-hydrogen) atoms. The highest BCUT2D eigenvalue weighted by atomic mass is 16.3. The van der Waals surface area contributed by atoms with Crippen molar-refractivity contribution >= 4 is 93.2 Å². The largest absolute Gasteiger partial charge is 0.456 e. The summed E-state index contributed by atoms with van der Waals surface area (Å²) >= 11 is 0. The average Bonchev–Trinajstić information content (AvgIpc) is 4.02. The zero-order chi connectivity index (χ0) is 38.6. The first-order valence-corrected chi connectivity index (χ1v) is 18.8. The Morgan fingerprint density at radius 2 is 1.14 bits per heavy atom. The lowest BCUT2D eigenvalue weighted by Gasteiger charge is -2.19. The predicted molar refractivity (Wildman–Crippen MR) is 231 cm³/mol. The van der Waals surface area contributed by atoms with Crippen LogP contribution in [0.1, 0.15) is 11.1 Å². The van der Waals surface area contributed by atoms with Crippen LogP contribution < -0.4 is 0 Å². The zero-order valence-corrected chi connectivity index (χ0v) is 30.5. The summed E-state index contributed by atoms with van der Waals surface area (Å²) in [5.74, 6) is 0. The Hall–Kier alpha value is -8.57. The molecular weight excluding hydrogens is 715 g/mol. The van der Waals surface area contributed by atoms with E-state index in [1.807, 2.05) is 102 Å². The van der Waals surface area contributed by atoms with Crippen LogP contribution >= 0.6 is 0 Å². The number of benzene rings is 8. The van der Waals surface area contributed by atoms with E-state index < -0.39 is 0 Å². The summed E-state index contributed by atoms with van der Waals surface area (Å²) in [5.41, 5.74) is 10.1. The van der Waals surface area contributed by atoms with Gasteiger partial charge in [0.15, 0.2) is 0 Å². The highest BCUT2D eigenvalue weighted by Crippen LogP contribution is 2.46. The molecule has 0 atom stereocenters. The number of hydrogen-bond acceptors (Lipinski definition) is 4. The summed E-state index contributed by atoms with van der Waals surface area (Å²) in [6, 6.07) is 54.8. The lowest BCUT2D eigenvalue weighted by Crippen LogP contribution is -2.04. The molecule has 4 heterocycles. The minimum absolute atomic E-state index is 0.324. The summed E-state index contributed by atoms with van der Waals surface area (Å²) < 4.78 is 17.1. The number of hydrogen-bond donors (Lipinski definition) is 0. The van der Waals surface area contributed by atoms with E-state index in [1.54, 1.807) is 6.07 Å². The molecule has 0 radical (unpaired) electrons. The van der Waals surface area contributed by atoms with Crippen molar-refractivity contribution in [3.05, 3.63) is 174 Å². The van der Waals surface area contributed by atoms with E-state index in [0.717, 1.165) is 87.5 Å². The number of furan rings is 2. The van der Waals surface area contributed by atoms with Crippen molar-refractivity contribution in [1.82, 2.24) is 9.13 Å². The fourth-order valence-corrected chi connectivity index (χ4v) is 9.23. The Labute approximate surface area is 329 Å². The quantitative estimate of drug-likeness (QED) is 0.169. The maximum Gasteiger partial charge on any atom is 0.211 e. The van der Waals surface area contributed by atoms with Crippen molar-refractivity contribution in [3.8, 4) is 34.6 Å². The van der Waals surface area contributed by atoms with Gasteiger partial charge in [0.25, 0.3) is 0 Å². The van der Waals surface area contributed by atoms with Gasteiger partial charge in [-0.3, -0.25) is 0 Å². The van der Waals surface area contributed by atoms with Gasteiger partial charge < -0.3 is 18.0 Å². The molecule has 12 rings (SSSR count). The van der Waals surface area contributed by atoms with Crippen LogP contribution in [-0.2, 0) is 0 Å². The Morgan fingerprint density at radius 1 is 0.466 bits per heavy atom. The van der Waals surface area contributed by atoms with Gasteiger partial charge in [-0.1, -0.05) is 97.1 Å². The number of nitrogens with zero attached hydrogens (tertiary/aromatic N) is 5. The SMILES string of the molecule is [C-]#[N+]c1ccc(-c2cccc(C#N)c2-n2c3ccccc3c3c4oc5ccccc5c4ccc32)c(C#N)c1-n1c2ccccc2c2cc3oc4ccccc4c3cc21. The Balaban J connectivity index is 1.19. The summed E-state index contributed by atoms with van der Waals surface area (Å²) in [6.45, 7) is 8.40. The van der Waals surface area contributed by atoms with Crippen LogP contribution in [0.2, 0.25) is 0 Å². The van der Waals surface area contributed by atoms with Gasteiger partial charge in [0.05, 0.1) is 56.5 Å². The van der Waals surface area contributed by atoms with E-state index in [0.29, 0.717) is 39.3 Å². The van der Waals surface area contributed by atoms with Crippen molar-refractivity contribution in [3.63, 3.8) is 0 Å². The van der Waals surface area contributed by atoms with Crippen molar-refractivity contribution in [2.45, 2.75) is 0 Å². The van der Waals surface area contributed by atoms with Gasteiger partial charge in [-0.25, -0.2) is 4.85 Å². The van der Waals surface area contributed by atoms with Crippen LogP contribution in [0.4, 0.5) is 5.69 Å². The molecule has 0 fully saturated rings. The first kappa shape index (κ1) is 31.7. The van der Waals surface area contributed by atoms with E-state index in [2.05, 4.69) is 70.1 Å². The van der Waals surface area contributed by atoms with Gasteiger partial charge in [0, 0.05) is 48.8 Å². The molecule has 0 bridgehead atoms. The molecule has 7 heteroatoms. The lowest BCUT2D eigenvalue weighted by atomic mass is 9.94. The van der Waals surface area contributed by atoms with Gasteiger partial charge in [0.2, 0.25) is 5.69 Å². The molecule has 0 saturated carbocycles. The molecule has 8 aromatic carbocycles. The van der Waals surface area contributed by atoms with Crippen LogP contribution in [0.5, 0.6) is 0 Å². The minimum atomic E-state index is 0.324. The van der Waals surface area contributed by atoms with Crippen LogP contribution in [0.3, 0.4) is 0 Å². The molecule has 266 valence electrons. The van der Waals surface area contributed by atoms with E-state index in [1.165, 1.54) is 0 Å². The summed E-state index contributed by atoms with van der Waals surface area (Å²) in [4.78, 5) is 4.01. The first-order valence-electron chi connectivity index (χ1n) is 18.8. The molecule has 4 aromatic heterocycles. The second-order valence-electron chi connectivity index (χ2n) is 14.5. The van der Waals surface area contributed by atoms with Gasteiger partial charge in [0.1, 0.15) is 34.5 Å². The molecule has 0 aliphatic carbocycles. The van der Waals surface area contributed by atoms with E-state index >= 15 is 0 Å². The maximum atomic E-state index is 11.3. The van der Waals surface area contributed by atoms with Crippen molar-refractivity contribution in [2.75, 3.05) is 0 Å². The number of nitriles is 2. The summed E-state index contributed by atoms with van der Waals surface area (Å²) in [7, 11) is 0. The third-order valence-corrected chi connectivity index (χ3v) is 11.6. The van der Waals surface area contributed by atoms with E-state index in [4.69, 9.17) is 15.4 Å². The number of fused-ring (bicyclic) bond motifs is 13. The van der Waals surface area contributed by atoms with Crippen molar-refractivity contribution in [1.29, 1.82) is 10.5 Å². The molecule has 0 saturated heterocycles. The fraction of sp³-hybridized carbons (Fsp3) is 0. The number of rotatable bonds is 3. The summed E-state index contributed by atoms with van der Waals surface area (Å²) in [5, 5.41) is 29.9. The van der Waals surface area contributed by atoms with Gasteiger partial charge in [-0.15, -0.1) is 0 Å². The highest BCUT2D eigenvalue weighted by Gasteiger charge is 2.26. The van der Waals surface area contributed by atoms with Crippen LogP contribution in [-0.4, -0.2) is 9.13 Å². The molecule has 12 aromatic rings. The monoisotopic (exact) mass is 739 g/mol. The van der Waals surface area contributed by atoms with E-state index in [9.17, 15) is 10.5 Å². The second kappa shape index (κ2) is 11.7. The maximum absolute atomic E-state index is 11.3. The average molecular weight is 740 g/mol. The van der Waals surface area contributed by atoms with Crippen molar-refractivity contribution < 1.29 is 8.83 Å². The topological polar surface area (TPSA) is 88.1 Å². The standard InChI is InChI=1S/C51H25N5O2/c1-54-40-23-21-30(39(28-53)50(40)56-41-17-6-2-12-31(41)37-26-47-38(25-44(37)56)33-14-5-8-19-45(33)57-47)34-16-10-11-29(27-52)49(34)55-42-18-7-3-15-36(42)48-43(55)24-22-35-32-13-4-9-20-46(32)58-51(35)48/h2-26H. The second-order valence-corrected chi connectivity index (χ2v) is 14.5. The molecule has 0 N–H and O–H groups in total. The van der Waals surface area contributed by atoms with Gasteiger partial charge >= 0.3 is 0 Å². The van der Waals surface area contributed by atoms with Crippen LogP contribution in [0.25, 0.3) is 115 Å². The Kier molecular flexibility index (Phi) is 6.41. The van der Waals surface area contributed by atoms with Crippen molar-refractivity contribution in [2.24, 2.45) is 0 Å². The number of aromatic nitrogens is 2. The number of para-hydroxylation sites is 5. The first-order chi connectivity index (χ1) is 28.7.